The van der Waals surface area contributed by atoms with E-state index >= 15 is 0 Å². The lowest BCUT2D eigenvalue weighted by Crippen LogP contribution is -2.33. The highest BCUT2D eigenvalue weighted by Crippen LogP contribution is 2.41. The fourth-order valence-electron chi connectivity index (χ4n) is 8.83. The molecule has 2 atom stereocenters. The predicted octanol–water partition coefficient (Wildman–Crippen LogP) is 13.7. The van der Waals surface area contributed by atoms with Gasteiger partial charge in [-0.3, -0.25) is 0 Å². The molecule has 2 aliphatic rings. The van der Waals surface area contributed by atoms with Gasteiger partial charge in [-0.2, -0.15) is 0 Å². The number of amidine groups is 2. The van der Waals surface area contributed by atoms with Gasteiger partial charge in [-0.25, -0.2) is 9.98 Å². The molecule has 9 aromatic rings. The second kappa shape index (κ2) is 14.0. The van der Waals surface area contributed by atoms with Crippen LogP contribution in [0.3, 0.4) is 0 Å². The molecule has 0 amide bonds. The van der Waals surface area contributed by atoms with Gasteiger partial charge in [0.25, 0.3) is 0 Å². The van der Waals surface area contributed by atoms with Crippen LogP contribution in [0.2, 0.25) is 0 Å². The van der Waals surface area contributed by atoms with Gasteiger partial charge >= 0.3 is 0 Å². The molecule has 1 N–H and O–H groups in total. The third-order valence-corrected chi connectivity index (χ3v) is 11.8. The van der Waals surface area contributed by atoms with Crippen LogP contribution in [-0.2, 0) is 0 Å². The molecule has 0 fully saturated rings. The van der Waals surface area contributed by atoms with Crippen LogP contribution in [0.15, 0.2) is 202 Å². The lowest BCUT2D eigenvalue weighted by atomic mass is 9.84. The van der Waals surface area contributed by atoms with E-state index in [1.807, 2.05) is 18.2 Å². The number of furan rings is 1. The highest BCUT2D eigenvalue weighted by molar-refractivity contribution is 6.15. The third kappa shape index (κ3) is 5.93. The quantitative estimate of drug-likeness (QED) is 0.184. The Balaban J connectivity index is 1.02. The number of nitrogens with zero attached hydrogens (tertiary/aromatic N) is 2. The van der Waals surface area contributed by atoms with E-state index in [0.717, 1.165) is 61.8 Å². The molecule has 11 rings (SSSR count). The van der Waals surface area contributed by atoms with Crippen LogP contribution in [0, 0.1) is 5.92 Å². The van der Waals surface area contributed by atoms with Crippen LogP contribution in [0.4, 0.5) is 0 Å². The molecule has 1 aliphatic carbocycles. The molecule has 0 radical (unpaired) electrons. The van der Waals surface area contributed by atoms with E-state index in [2.05, 4.69) is 182 Å². The summed E-state index contributed by atoms with van der Waals surface area (Å²) in [6, 6.07) is 60.3. The van der Waals surface area contributed by atoms with Crippen molar-refractivity contribution in [3.8, 4) is 22.3 Å². The summed E-state index contributed by atoms with van der Waals surface area (Å²) in [5, 5.41) is 10.7. The zero-order valence-electron chi connectivity index (χ0n) is 32.1. The number of benzene rings is 8. The Morgan fingerprint density at radius 3 is 2.07 bits per heavy atom. The summed E-state index contributed by atoms with van der Waals surface area (Å²) in [4.78, 5) is 10.5. The van der Waals surface area contributed by atoms with Crippen molar-refractivity contribution in [1.29, 1.82) is 0 Å². The smallest absolute Gasteiger partial charge is 0.159 e. The predicted molar refractivity (Wildman–Crippen MR) is 242 cm³/mol. The van der Waals surface area contributed by atoms with Gasteiger partial charge in [0.15, 0.2) is 5.84 Å². The number of allylic oxidation sites excluding steroid dienone is 4. The summed E-state index contributed by atoms with van der Waals surface area (Å²) in [7, 11) is 0. The maximum absolute atomic E-state index is 6.69. The van der Waals surface area contributed by atoms with E-state index in [-0.39, 0.29) is 0 Å². The molecule has 0 spiro atoms. The molecule has 276 valence electrons. The molecule has 4 nitrogen and oxygen atoms in total. The first-order valence-corrected chi connectivity index (χ1v) is 20.1. The van der Waals surface area contributed by atoms with E-state index in [0.29, 0.717) is 11.8 Å². The highest BCUT2D eigenvalue weighted by atomic mass is 16.3. The average Bonchev–Trinajstić information content (AvgIpc) is 3.67. The molecule has 1 aliphatic heterocycles. The van der Waals surface area contributed by atoms with Crippen molar-refractivity contribution in [1.82, 2.24) is 5.32 Å². The molecule has 0 saturated carbocycles. The molecule has 58 heavy (non-hydrogen) atoms. The van der Waals surface area contributed by atoms with Crippen LogP contribution in [0.25, 0.3) is 71.3 Å². The fraction of sp³-hybridized carbons (Fsp3) is 0.0741. The van der Waals surface area contributed by atoms with Gasteiger partial charge in [0, 0.05) is 27.5 Å². The van der Waals surface area contributed by atoms with Gasteiger partial charge in [-0.15, -0.1) is 0 Å². The highest BCUT2D eigenvalue weighted by Gasteiger charge is 2.25. The van der Waals surface area contributed by atoms with E-state index in [1.165, 1.54) is 44.0 Å². The van der Waals surface area contributed by atoms with Crippen LogP contribution in [0.1, 0.15) is 41.8 Å². The molecule has 8 aromatic carbocycles. The van der Waals surface area contributed by atoms with E-state index in [4.69, 9.17) is 14.4 Å². The van der Waals surface area contributed by atoms with Crippen molar-refractivity contribution >= 4 is 60.7 Å². The maximum atomic E-state index is 6.69. The first-order valence-electron chi connectivity index (χ1n) is 20.1. The molecular weight excluding hydrogens is 707 g/mol. The average molecular weight is 746 g/mol. The van der Waals surface area contributed by atoms with E-state index in [1.54, 1.807) is 0 Å². The minimum absolute atomic E-state index is 0.402. The molecule has 2 heterocycles. The van der Waals surface area contributed by atoms with Gasteiger partial charge in [0.1, 0.15) is 23.2 Å². The molecule has 4 heteroatoms. The number of aliphatic imine (C=N–C) groups is 2. The maximum Gasteiger partial charge on any atom is 0.159 e. The summed E-state index contributed by atoms with van der Waals surface area (Å²) < 4.78 is 6.69. The third-order valence-electron chi connectivity index (χ3n) is 11.8. The van der Waals surface area contributed by atoms with Crippen molar-refractivity contribution in [2.75, 3.05) is 0 Å². The first kappa shape index (κ1) is 34.0. The fourth-order valence-corrected chi connectivity index (χ4v) is 8.83. The molecule has 1 aromatic heterocycles. The van der Waals surface area contributed by atoms with Crippen molar-refractivity contribution < 1.29 is 4.42 Å². The van der Waals surface area contributed by atoms with Crippen LogP contribution in [0.5, 0.6) is 0 Å². The van der Waals surface area contributed by atoms with Crippen molar-refractivity contribution in [2.45, 2.75) is 19.5 Å². The SMILES string of the molecule is CC1CC=CC=C1c1ccc(-c2ccc3c(c2)oc2cccc(C4N=C(c5ccc6ccc(-c7ccccc7)cc6c5)N=C(c5ccccc5)N4)c23)c2ccccc12. The monoisotopic (exact) mass is 745 g/mol. The molecule has 2 unspecified atom stereocenters. The second-order valence-electron chi connectivity index (χ2n) is 15.4. The normalized spacial score (nSPS) is 16.7. The summed E-state index contributed by atoms with van der Waals surface area (Å²) in [6.45, 7) is 2.32. The Kier molecular flexibility index (Phi) is 8.21. The first-order chi connectivity index (χ1) is 28.6. The second-order valence-corrected chi connectivity index (χ2v) is 15.4. The largest absolute Gasteiger partial charge is 0.456 e. The summed E-state index contributed by atoms with van der Waals surface area (Å²) in [5.41, 5.74) is 12.1. The number of hydrogen-bond donors (Lipinski definition) is 1. The van der Waals surface area contributed by atoms with Gasteiger partial charge in [0.2, 0.25) is 0 Å². The van der Waals surface area contributed by atoms with E-state index < -0.39 is 6.17 Å². The van der Waals surface area contributed by atoms with Crippen LogP contribution < -0.4 is 5.32 Å². The van der Waals surface area contributed by atoms with Crippen LogP contribution >= 0.6 is 0 Å². The molecule has 0 saturated heterocycles. The molecule has 0 bridgehead atoms. The number of hydrogen-bond acceptors (Lipinski definition) is 4. The summed E-state index contributed by atoms with van der Waals surface area (Å²) >= 11 is 0. The van der Waals surface area contributed by atoms with Gasteiger partial charge in [-0.05, 0) is 97.6 Å². The lowest BCUT2D eigenvalue weighted by molar-refractivity contribution is 0.662. The molecular formula is C54H39N3O. The summed E-state index contributed by atoms with van der Waals surface area (Å²) in [6.07, 6.45) is 7.39. The zero-order chi connectivity index (χ0) is 38.6. The zero-order valence-corrected chi connectivity index (χ0v) is 32.1. The van der Waals surface area contributed by atoms with Crippen LogP contribution in [-0.4, -0.2) is 11.7 Å². The number of fused-ring (bicyclic) bond motifs is 5. The van der Waals surface area contributed by atoms with Crippen molar-refractivity contribution in [3.63, 3.8) is 0 Å². The van der Waals surface area contributed by atoms with Crippen molar-refractivity contribution in [3.05, 3.63) is 210 Å². The Hall–Kier alpha value is -7.30. The Bertz CT molecular complexity index is 3190. The Labute approximate surface area is 337 Å². The standard InChI is InChI=1S/C54H39N3O/c1-34-13-8-9-18-42(34)46-30-29-43(44-19-10-11-20-45(44)46)39-27-28-47-50(33-39)58-49-22-12-21-48(51(47)49)54-56-52(37-16-6-3-7-17-37)55-53(57-54)40-26-24-36-23-25-38(31-41(36)32-40)35-14-4-2-5-15-35/h2-12,14-34,54H,13H2,1H3,(H,55,56,57). The minimum Gasteiger partial charge on any atom is -0.456 e. The lowest BCUT2D eigenvalue weighted by Gasteiger charge is -2.24. The van der Waals surface area contributed by atoms with Gasteiger partial charge < -0.3 is 9.73 Å². The minimum atomic E-state index is -0.402. The van der Waals surface area contributed by atoms with Gasteiger partial charge in [0.05, 0.1) is 0 Å². The Morgan fingerprint density at radius 1 is 0.552 bits per heavy atom. The van der Waals surface area contributed by atoms with Crippen molar-refractivity contribution in [2.24, 2.45) is 15.9 Å². The Morgan fingerprint density at radius 2 is 1.26 bits per heavy atom. The topological polar surface area (TPSA) is 49.9 Å². The number of nitrogens with one attached hydrogen (secondary N) is 1. The number of rotatable bonds is 6. The van der Waals surface area contributed by atoms with E-state index in [9.17, 15) is 0 Å². The van der Waals surface area contributed by atoms with Gasteiger partial charge in [-0.1, -0.05) is 165 Å². The summed E-state index contributed by atoms with van der Waals surface area (Å²) in [5.74, 6) is 1.95.